The Hall–Kier alpha value is -2.62. The zero-order chi connectivity index (χ0) is 20.8. The summed E-state index contributed by atoms with van der Waals surface area (Å²) < 4.78 is 4.79. The molecule has 0 unspecified atom stereocenters. The van der Waals surface area contributed by atoms with Gasteiger partial charge in [0.1, 0.15) is 11.8 Å². The van der Waals surface area contributed by atoms with Gasteiger partial charge in [-0.3, -0.25) is 9.59 Å². The molecule has 0 saturated carbocycles. The molecule has 1 heterocycles. The van der Waals surface area contributed by atoms with Crippen molar-refractivity contribution in [2.75, 3.05) is 6.61 Å². The van der Waals surface area contributed by atoms with Crippen LogP contribution in [-0.4, -0.2) is 28.4 Å². The topological polar surface area (TPSA) is 100 Å². The fourth-order valence-corrected chi connectivity index (χ4v) is 3.09. The smallest absolute Gasteiger partial charge is 0.306 e. The SMILES string of the molecule is CCOC(=O)CCC(=O)c1nc(Cc2c(Cl)ccc(C)c2Cl)cc(C#N)c1O. The van der Waals surface area contributed by atoms with Crippen molar-refractivity contribution in [2.45, 2.75) is 33.1 Å². The van der Waals surface area contributed by atoms with Gasteiger partial charge in [0.2, 0.25) is 0 Å². The van der Waals surface area contributed by atoms with Crippen LogP contribution in [0.15, 0.2) is 18.2 Å². The average Bonchev–Trinajstić information content (AvgIpc) is 2.67. The molecular weight excluding hydrogens is 403 g/mol. The van der Waals surface area contributed by atoms with Crippen LogP contribution in [0.2, 0.25) is 10.0 Å². The van der Waals surface area contributed by atoms with Crippen molar-refractivity contribution < 1.29 is 19.4 Å². The quantitative estimate of drug-likeness (QED) is 0.526. The van der Waals surface area contributed by atoms with E-state index >= 15 is 0 Å². The van der Waals surface area contributed by atoms with Gasteiger partial charge in [-0.05, 0) is 37.1 Å². The summed E-state index contributed by atoms with van der Waals surface area (Å²) in [6.45, 7) is 3.71. The molecule has 1 aromatic carbocycles. The molecule has 0 fully saturated rings. The highest BCUT2D eigenvalue weighted by Gasteiger charge is 2.20. The number of nitriles is 1. The number of benzene rings is 1. The number of rotatable bonds is 7. The Balaban J connectivity index is 2.37. The molecule has 0 saturated heterocycles. The van der Waals surface area contributed by atoms with E-state index in [4.69, 9.17) is 27.9 Å². The van der Waals surface area contributed by atoms with E-state index in [0.717, 1.165) is 5.56 Å². The van der Waals surface area contributed by atoms with Crippen molar-refractivity contribution in [3.8, 4) is 11.8 Å². The molecule has 146 valence electrons. The number of pyridine rings is 1. The van der Waals surface area contributed by atoms with E-state index < -0.39 is 17.5 Å². The fourth-order valence-electron chi connectivity index (χ4n) is 2.59. The maximum Gasteiger partial charge on any atom is 0.306 e. The molecule has 0 amide bonds. The van der Waals surface area contributed by atoms with Crippen LogP contribution >= 0.6 is 23.2 Å². The van der Waals surface area contributed by atoms with Gasteiger partial charge in [-0.25, -0.2) is 4.98 Å². The number of esters is 1. The summed E-state index contributed by atoms with van der Waals surface area (Å²) in [7, 11) is 0. The zero-order valence-electron chi connectivity index (χ0n) is 15.4. The first-order valence-corrected chi connectivity index (χ1v) is 9.29. The minimum Gasteiger partial charge on any atom is -0.504 e. The lowest BCUT2D eigenvalue weighted by molar-refractivity contribution is -0.143. The van der Waals surface area contributed by atoms with Crippen molar-refractivity contribution in [1.29, 1.82) is 5.26 Å². The summed E-state index contributed by atoms with van der Waals surface area (Å²) in [6, 6.07) is 6.71. The van der Waals surface area contributed by atoms with Crippen molar-refractivity contribution in [3.05, 3.63) is 56.3 Å². The van der Waals surface area contributed by atoms with Gasteiger partial charge in [-0.1, -0.05) is 29.3 Å². The first kappa shape index (κ1) is 21.7. The number of aromatic nitrogens is 1. The molecule has 8 heteroatoms. The molecule has 2 rings (SSSR count). The molecule has 0 atom stereocenters. The second kappa shape index (κ2) is 9.54. The zero-order valence-corrected chi connectivity index (χ0v) is 16.9. The number of nitrogens with zero attached hydrogens (tertiary/aromatic N) is 2. The predicted octanol–water partition coefficient (Wildman–Crippen LogP) is 4.39. The monoisotopic (exact) mass is 420 g/mol. The Bertz CT molecular complexity index is 968. The first-order chi connectivity index (χ1) is 13.3. The second-order valence-corrected chi connectivity index (χ2v) is 6.82. The lowest BCUT2D eigenvalue weighted by Gasteiger charge is -2.11. The van der Waals surface area contributed by atoms with Crippen LogP contribution in [0.1, 0.15) is 52.6 Å². The molecule has 0 bridgehead atoms. The molecule has 1 aromatic heterocycles. The van der Waals surface area contributed by atoms with Crippen LogP contribution in [0.4, 0.5) is 0 Å². The molecule has 0 aliphatic heterocycles. The molecule has 0 radical (unpaired) electrons. The molecule has 0 aliphatic carbocycles. The van der Waals surface area contributed by atoms with Gasteiger partial charge in [-0.2, -0.15) is 5.26 Å². The van der Waals surface area contributed by atoms with E-state index in [2.05, 4.69) is 4.98 Å². The van der Waals surface area contributed by atoms with Crippen molar-refractivity contribution in [1.82, 2.24) is 4.98 Å². The number of ether oxygens (including phenoxy) is 1. The first-order valence-electron chi connectivity index (χ1n) is 8.53. The molecule has 0 spiro atoms. The summed E-state index contributed by atoms with van der Waals surface area (Å²) in [5, 5.41) is 20.4. The second-order valence-electron chi connectivity index (χ2n) is 6.03. The van der Waals surface area contributed by atoms with E-state index in [0.29, 0.717) is 21.3 Å². The number of carbonyl (C=O) groups excluding carboxylic acids is 2. The van der Waals surface area contributed by atoms with Crippen LogP contribution < -0.4 is 0 Å². The van der Waals surface area contributed by atoms with E-state index in [1.807, 2.05) is 13.0 Å². The number of ketones is 1. The normalized spacial score (nSPS) is 10.4. The van der Waals surface area contributed by atoms with Gasteiger partial charge in [0.25, 0.3) is 0 Å². The Kier molecular flexibility index (Phi) is 7.38. The number of Topliss-reactive ketones (excluding diaryl/α,β-unsaturated/α-hetero) is 1. The molecular formula is C20H18Cl2N2O4. The number of carbonyl (C=O) groups is 2. The largest absolute Gasteiger partial charge is 0.504 e. The predicted molar refractivity (Wildman–Crippen MR) is 105 cm³/mol. The standard InChI is InChI=1S/C20H18Cl2N2O4/c1-3-28-17(26)7-6-16(25)19-20(27)12(10-23)8-13(24-19)9-14-15(21)5-4-11(2)18(14)22/h4-5,8,27H,3,6-7,9H2,1-2H3. The maximum atomic E-state index is 12.4. The van der Waals surface area contributed by atoms with E-state index in [1.165, 1.54) is 6.07 Å². The Morgan fingerprint density at radius 3 is 2.64 bits per heavy atom. The van der Waals surface area contributed by atoms with E-state index in [-0.39, 0.29) is 37.1 Å². The molecule has 6 nitrogen and oxygen atoms in total. The van der Waals surface area contributed by atoms with Crippen molar-refractivity contribution in [3.63, 3.8) is 0 Å². The number of aryl methyl sites for hydroxylation is 1. The van der Waals surface area contributed by atoms with Gasteiger partial charge in [0, 0.05) is 28.6 Å². The summed E-state index contributed by atoms with van der Waals surface area (Å²) in [6.07, 6.45) is -0.165. The highest BCUT2D eigenvalue weighted by Crippen LogP contribution is 2.31. The van der Waals surface area contributed by atoms with Gasteiger partial charge < -0.3 is 9.84 Å². The van der Waals surface area contributed by atoms with E-state index in [1.54, 1.807) is 19.1 Å². The van der Waals surface area contributed by atoms with E-state index in [9.17, 15) is 20.0 Å². The summed E-state index contributed by atoms with van der Waals surface area (Å²) in [5.74, 6) is -1.60. The van der Waals surface area contributed by atoms with Crippen LogP contribution in [0.5, 0.6) is 5.75 Å². The molecule has 0 aliphatic rings. The maximum absolute atomic E-state index is 12.4. The number of hydrogen-bond donors (Lipinski definition) is 1. The van der Waals surface area contributed by atoms with Crippen LogP contribution in [0, 0.1) is 18.3 Å². The summed E-state index contributed by atoms with van der Waals surface area (Å²) in [5.41, 5.74) is 1.42. The number of halogens is 2. The van der Waals surface area contributed by atoms with Crippen LogP contribution in [0.3, 0.4) is 0 Å². The Labute approximate surface area is 172 Å². The van der Waals surface area contributed by atoms with Crippen LogP contribution in [-0.2, 0) is 16.0 Å². The Morgan fingerprint density at radius 2 is 2.00 bits per heavy atom. The van der Waals surface area contributed by atoms with Gasteiger partial charge in [0.15, 0.2) is 11.5 Å². The van der Waals surface area contributed by atoms with Crippen molar-refractivity contribution >= 4 is 35.0 Å². The van der Waals surface area contributed by atoms with Crippen molar-refractivity contribution in [2.24, 2.45) is 0 Å². The third-order valence-corrected chi connectivity index (χ3v) is 4.91. The molecule has 28 heavy (non-hydrogen) atoms. The Morgan fingerprint density at radius 1 is 1.29 bits per heavy atom. The fraction of sp³-hybridized carbons (Fsp3) is 0.300. The third-order valence-electron chi connectivity index (χ3n) is 4.03. The lowest BCUT2D eigenvalue weighted by Crippen LogP contribution is -2.11. The summed E-state index contributed by atoms with van der Waals surface area (Å²) in [4.78, 5) is 28.1. The minimum atomic E-state index is -0.565. The highest BCUT2D eigenvalue weighted by atomic mass is 35.5. The van der Waals surface area contributed by atoms with Gasteiger partial charge in [0.05, 0.1) is 18.6 Å². The number of aromatic hydroxyl groups is 1. The van der Waals surface area contributed by atoms with Gasteiger partial charge >= 0.3 is 5.97 Å². The molecule has 2 aromatic rings. The number of hydrogen-bond acceptors (Lipinski definition) is 6. The highest BCUT2D eigenvalue weighted by molar-refractivity contribution is 6.36. The van der Waals surface area contributed by atoms with Gasteiger partial charge in [-0.15, -0.1) is 0 Å². The summed E-state index contributed by atoms with van der Waals surface area (Å²) >= 11 is 12.6. The van der Waals surface area contributed by atoms with Crippen LogP contribution in [0.25, 0.3) is 0 Å². The average molecular weight is 421 g/mol. The minimum absolute atomic E-state index is 0.0932. The third kappa shape index (κ3) is 5.00. The lowest BCUT2D eigenvalue weighted by atomic mass is 10.0. The molecule has 1 N–H and O–H groups in total.